The number of aromatic nitrogens is 2. The summed E-state index contributed by atoms with van der Waals surface area (Å²) in [6.07, 6.45) is 0. The fourth-order valence-electron chi connectivity index (χ4n) is 4.29. The Bertz CT molecular complexity index is 1340. The average Bonchev–Trinajstić information content (AvgIpc) is 3.39. The molecular formula is C26H23N3O4. The predicted molar refractivity (Wildman–Crippen MR) is 125 cm³/mol. The van der Waals surface area contributed by atoms with Crippen LogP contribution in [0, 0.1) is 6.92 Å². The van der Waals surface area contributed by atoms with Gasteiger partial charge in [-0.2, -0.15) is 5.10 Å². The SMILES string of the molecule is COc1cccc(-c2n[nH]c3c2[C@@H](c2ccc(O)c(OC)c2)N(c2ccc(C)cc2)C3=O)c1. The molecule has 5 rings (SSSR count). The topological polar surface area (TPSA) is 87.7 Å². The maximum atomic E-state index is 13.6. The van der Waals surface area contributed by atoms with Crippen LogP contribution in [0.5, 0.6) is 17.2 Å². The summed E-state index contributed by atoms with van der Waals surface area (Å²) in [4.78, 5) is 15.4. The summed E-state index contributed by atoms with van der Waals surface area (Å²) in [5.41, 5.74) is 5.37. The fraction of sp³-hybridized carbons (Fsp3) is 0.154. The number of carbonyl (C=O) groups excluding carboxylic acids is 1. The summed E-state index contributed by atoms with van der Waals surface area (Å²) in [5, 5.41) is 17.6. The molecule has 1 aliphatic heterocycles. The zero-order chi connectivity index (χ0) is 23.1. The van der Waals surface area contributed by atoms with Gasteiger partial charge in [-0.1, -0.05) is 35.9 Å². The molecular weight excluding hydrogens is 418 g/mol. The number of aromatic amines is 1. The van der Waals surface area contributed by atoms with Crippen LogP contribution < -0.4 is 14.4 Å². The van der Waals surface area contributed by atoms with E-state index in [-0.39, 0.29) is 11.7 Å². The Morgan fingerprint density at radius 1 is 1.00 bits per heavy atom. The Morgan fingerprint density at radius 2 is 1.79 bits per heavy atom. The van der Waals surface area contributed by atoms with Crippen LogP contribution in [0.15, 0.2) is 66.7 Å². The van der Waals surface area contributed by atoms with Crippen LogP contribution in [0.1, 0.15) is 33.2 Å². The van der Waals surface area contributed by atoms with E-state index in [1.807, 2.05) is 55.5 Å². The first kappa shape index (κ1) is 20.6. The standard InChI is InChI=1S/C26H23N3O4/c1-15-7-10-18(11-8-15)29-25(17-9-12-20(30)21(14-17)33-3)22-23(27-28-24(22)26(29)31)16-5-4-6-19(13-16)32-2/h4-14,25,30H,1-3H3,(H,27,28)/t25-/m1/s1. The van der Waals surface area contributed by atoms with Gasteiger partial charge in [-0.05, 0) is 48.9 Å². The number of benzene rings is 3. The normalized spacial score (nSPS) is 14.9. The van der Waals surface area contributed by atoms with Crippen LogP contribution in [0.2, 0.25) is 0 Å². The van der Waals surface area contributed by atoms with Gasteiger partial charge in [-0.25, -0.2) is 0 Å². The van der Waals surface area contributed by atoms with Crippen molar-refractivity contribution >= 4 is 11.6 Å². The van der Waals surface area contributed by atoms with Crippen molar-refractivity contribution in [3.05, 3.63) is 89.1 Å². The van der Waals surface area contributed by atoms with E-state index in [9.17, 15) is 9.90 Å². The Morgan fingerprint density at radius 3 is 2.52 bits per heavy atom. The van der Waals surface area contributed by atoms with E-state index in [4.69, 9.17) is 9.47 Å². The van der Waals surface area contributed by atoms with Gasteiger partial charge < -0.3 is 14.6 Å². The summed E-state index contributed by atoms with van der Waals surface area (Å²) in [6, 6.07) is 20.1. The third kappa shape index (κ3) is 3.38. The fourth-order valence-corrected chi connectivity index (χ4v) is 4.29. The Kier molecular flexibility index (Phi) is 5.01. The van der Waals surface area contributed by atoms with Crippen LogP contribution >= 0.6 is 0 Å². The molecule has 0 unspecified atom stereocenters. The van der Waals surface area contributed by atoms with Gasteiger partial charge in [0.25, 0.3) is 5.91 Å². The largest absolute Gasteiger partial charge is 0.504 e. The molecule has 0 saturated heterocycles. The number of carbonyl (C=O) groups is 1. The third-order valence-corrected chi connectivity index (χ3v) is 5.94. The summed E-state index contributed by atoms with van der Waals surface area (Å²) in [6.45, 7) is 2.01. The molecule has 7 nitrogen and oxygen atoms in total. The molecule has 4 aromatic rings. The Labute approximate surface area is 191 Å². The van der Waals surface area contributed by atoms with Crippen LogP contribution in [-0.4, -0.2) is 35.4 Å². The summed E-state index contributed by atoms with van der Waals surface area (Å²) in [5.74, 6) is 0.899. The molecule has 0 spiro atoms. The van der Waals surface area contributed by atoms with E-state index in [0.29, 0.717) is 22.9 Å². The van der Waals surface area contributed by atoms with Crippen molar-refractivity contribution < 1.29 is 19.4 Å². The molecule has 0 fully saturated rings. The van der Waals surface area contributed by atoms with Crippen molar-refractivity contribution in [3.8, 4) is 28.5 Å². The molecule has 0 bridgehead atoms. The van der Waals surface area contributed by atoms with Crippen molar-refractivity contribution in [2.24, 2.45) is 0 Å². The first-order valence-electron chi connectivity index (χ1n) is 10.5. The molecule has 33 heavy (non-hydrogen) atoms. The number of methoxy groups -OCH3 is 2. The minimum atomic E-state index is -0.468. The number of phenols is 1. The number of aryl methyl sites for hydroxylation is 1. The molecule has 1 aromatic heterocycles. The minimum Gasteiger partial charge on any atom is -0.504 e. The van der Waals surface area contributed by atoms with E-state index in [0.717, 1.165) is 27.9 Å². The molecule has 1 atom stereocenters. The molecule has 1 aliphatic rings. The second kappa shape index (κ2) is 8.02. The Balaban J connectivity index is 1.73. The summed E-state index contributed by atoms with van der Waals surface area (Å²) < 4.78 is 10.7. The number of anilines is 1. The number of hydrogen-bond donors (Lipinski definition) is 2. The van der Waals surface area contributed by atoms with E-state index < -0.39 is 6.04 Å². The lowest BCUT2D eigenvalue weighted by Crippen LogP contribution is -2.29. The van der Waals surface area contributed by atoms with Crippen LogP contribution in [0.4, 0.5) is 5.69 Å². The van der Waals surface area contributed by atoms with E-state index in [1.165, 1.54) is 7.11 Å². The van der Waals surface area contributed by atoms with Gasteiger partial charge in [-0.3, -0.25) is 14.8 Å². The lowest BCUT2D eigenvalue weighted by atomic mass is 9.95. The van der Waals surface area contributed by atoms with E-state index in [2.05, 4.69) is 10.2 Å². The predicted octanol–water partition coefficient (Wildman–Crippen LogP) is 4.86. The number of rotatable bonds is 5. The molecule has 2 N–H and O–H groups in total. The molecule has 3 aromatic carbocycles. The average molecular weight is 441 g/mol. The van der Waals surface area contributed by atoms with Crippen molar-refractivity contribution in [1.29, 1.82) is 0 Å². The summed E-state index contributed by atoms with van der Waals surface area (Å²) >= 11 is 0. The molecule has 0 aliphatic carbocycles. The quantitative estimate of drug-likeness (QED) is 0.462. The number of aromatic hydroxyl groups is 1. The first-order chi connectivity index (χ1) is 16.0. The van der Waals surface area contributed by atoms with Crippen LogP contribution in [0.25, 0.3) is 11.3 Å². The highest BCUT2D eigenvalue weighted by molar-refractivity contribution is 6.11. The van der Waals surface area contributed by atoms with E-state index in [1.54, 1.807) is 30.2 Å². The maximum absolute atomic E-state index is 13.6. The van der Waals surface area contributed by atoms with Crippen molar-refractivity contribution in [2.45, 2.75) is 13.0 Å². The lowest BCUT2D eigenvalue weighted by Gasteiger charge is -2.27. The van der Waals surface area contributed by atoms with Crippen molar-refractivity contribution in [1.82, 2.24) is 10.2 Å². The molecule has 166 valence electrons. The molecule has 1 amide bonds. The number of phenolic OH excluding ortho intramolecular Hbond substituents is 1. The summed E-state index contributed by atoms with van der Waals surface area (Å²) in [7, 11) is 3.11. The number of nitrogens with one attached hydrogen (secondary N) is 1. The zero-order valence-corrected chi connectivity index (χ0v) is 18.5. The molecule has 0 radical (unpaired) electrons. The Hall–Kier alpha value is -4.26. The van der Waals surface area contributed by atoms with Crippen LogP contribution in [0.3, 0.4) is 0 Å². The monoisotopic (exact) mass is 441 g/mol. The first-order valence-corrected chi connectivity index (χ1v) is 10.5. The van der Waals surface area contributed by atoms with Gasteiger partial charge in [0, 0.05) is 16.8 Å². The zero-order valence-electron chi connectivity index (χ0n) is 18.5. The van der Waals surface area contributed by atoms with Gasteiger partial charge in [0.05, 0.1) is 26.0 Å². The van der Waals surface area contributed by atoms with Gasteiger partial charge in [-0.15, -0.1) is 0 Å². The third-order valence-electron chi connectivity index (χ3n) is 5.94. The number of amides is 1. The minimum absolute atomic E-state index is 0.0351. The van der Waals surface area contributed by atoms with Gasteiger partial charge in [0.15, 0.2) is 11.5 Å². The maximum Gasteiger partial charge on any atom is 0.277 e. The van der Waals surface area contributed by atoms with Crippen molar-refractivity contribution in [3.63, 3.8) is 0 Å². The second-order valence-corrected chi connectivity index (χ2v) is 7.94. The molecule has 0 saturated carbocycles. The number of H-pyrrole nitrogens is 1. The van der Waals surface area contributed by atoms with Crippen molar-refractivity contribution in [2.75, 3.05) is 19.1 Å². The highest BCUT2D eigenvalue weighted by Gasteiger charge is 2.43. The lowest BCUT2D eigenvalue weighted by molar-refractivity contribution is 0.0988. The van der Waals surface area contributed by atoms with Gasteiger partial charge in [0.1, 0.15) is 11.4 Å². The highest BCUT2D eigenvalue weighted by Crippen LogP contribution is 2.46. The highest BCUT2D eigenvalue weighted by atomic mass is 16.5. The smallest absolute Gasteiger partial charge is 0.277 e. The van der Waals surface area contributed by atoms with E-state index >= 15 is 0 Å². The number of hydrogen-bond acceptors (Lipinski definition) is 5. The number of nitrogens with zero attached hydrogens (tertiary/aromatic N) is 2. The number of ether oxygens (including phenoxy) is 2. The van der Waals surface area contributed by atoms with Gasteiger partial charge >= 0.3 is 0 Å². The molecule has 7 heteroatoms. The van der Waals surface area contributed by atoms with Crippen LogP contribution in [-0.2, 0) is 0 Å². The molecule has 2 heterocycles. The number of fused-ring (bicyclic) bond motifs is 1. The van der Waals surface area contributed by atoms with Gasteiger partial charge in [0.2, 0.25) is 0 Å². The second-order valence-electron chi connectivity index (χ2n) is 7.94.